The molecule has 5 heteroatoms. The zero-order chi connectivity index (χ0) is 15.2. The topological polar surface area (TPSA) is 55.4 Å². The van der Waals surface area contributed by atoms with E-state index in [0.29, 0.717) is 17.0 Å². The number of carbonyl (C=O) groups is 2. The van der Waals surface area contributed by atoms with Crippen LogP contribution in [0.3, 0.4) is 0 Å². The van der Waals surface area contributed by atoms with E-state index in [4.69, 9.17) is 4.74 Å². The molecule has 2 rings (SSSR count). The lowest BCUT2D eigenvalue weighted by Crippen LogP contribution is -2.20. The van der Waals surface area contributed by atoms with E-state index in [1.54, 1.807) is 36.4 Å². The summed E-state index contributed by atoms with van der Waals surface area (Å²) in [5.74, 6) is 0.0267. The predicted octanol–water partition coefficient (Wildman–Crippen LogP) is 3.67. The van der Waals surface area contributed by atoms with Crippen LogP contribution < -0.4 is 10.1 Å². The highest BCUT2D eigenvalue weighted by Gasteiger charge is 2.09. The number of hydrogen-bond acceptors (Lipinski definition) is 3. The molecule has 0 saturated heterocycles. The van der Waals surface area contributed by atoms with Gasteiger partial charge in [0, 0.05) is 10.2 Å². The van der Waals surface area contributed by atoms with Gasteiger partial charge in [0.25, 0.3) is 5.91 Å². The van der Waals surface area contributed by atoms with E-state index in [0.717, 1.165) is 4.47 Å². The van der Waals surface area contributed by atoms with Crippen LogP contribution in [0.15, 0.2) is 53.0 Å². The molecule has 0 aliphatic carbocycles. The van der Waals surface area contributed by atoms with Gasteiger partial charge in [-0.25, -0.2) is 0 Å². The molecule has 0 aromatic heterocycles. The molecule has 21 heavy (non-hydrogen) atoms. The molecule has 0 fully saturated rings. The number of carbonyl (C=O) groups excluding carboxylic acids is 2. The van der Waals surface area contributed by atoms with Crippen LogP contribution >= 0.6 is 15.9 Å². The number of benzene rings is 2. The van der Waals surface area contributed by atoms with Crippen LogP contribution in [0.1, 0.15) is 17.3 Å². The normalized spacial score (nSPS) is 10.0. The highest BCUT2D eigenvalue weighted by Crippen LogP contribution is 2.19. The molecule has 2 aromatic rings. The molecule has 108 valence electrons. The quantitative estimate of drug-likeness (QED) is 0.839. The molecule has 0 aliphatic heterocycles. The van der Waals surface area contributed by atoms with Crippen LogP contribution in [0.25, 0.3) is 0 Å². The van der Waals surface area contributed by atoms with Gasteiger partial charge >= 0.3 is 0 Å². The summed E-state index contributed by atoms with van der Waals surface area (Å²) in [7, 11) is 0. The third-order valence-corrected chi connectivity index (χ3v) is 3.23. The third kappa shape index (κ3) is 4.43. The number of nitrogens with one attached hydrogen (secondary N) is 1. The lowest BCUT2D eigenvalue weighted by atomic mass is 10.1. The van der Waals surface area contributed by atoms with E-state index in [-0.39, 0.29) is 18.3 Å². The number of hydrogen-bond donors (Lipinski definition) is 1. The number of ketones is 1. The molecule has 0 radical (unpaired) electrons. The Labute approximate surface area is 131 Å². The molecule has 0 unspecified atom stereocenters. The number of amides is 1. The minimum absolute atomic E-state index is 0.0991. The van der Waals surface area contributed by atoms with Gasteiger partial charge in [-0.3, -0.25) is 9.59 Å². The fourth-order valence-corrected chi connectivity index (χ4v) is 2.19. The second-order valence-corrected chi connectivity index (χ2v) is 5.32. The Kier molecular flexibility index (Phi) is 5.11. The lowest BCUT2D eigenvalue weighted by Gasteiger charge is -2.10. The minimum atomic E-state index is -0.286. The third-order valence-electron chi connectivity index (χ3n) is 2.73. The number of anilines is 1. The van der Waals surface area contributed by atoms with E-state index >= 15 is 0 Å². The van der Waals surface area contributed by atoms with E-state index in [1.165, 1.54) is 6.92 Å². The van der Waals surface area contributed by atoms with Gasteiger partial charge < -0.3 is 10.1 Å². The Morgan fingerprint density at radius 3 is 2.62 bits per heavy atom. The summed E-state index contributed by atoms with van der Waals surface area (Å²) in [5, 5.41) is 2.72. The molecule has 0 bridgehead atoms. The van der Waals surface area contributed by atoms with Crippen LogP contribution in [0.4, 0.5) is 5.69 Å². The first-order valence-corrected chi connectivity index (χ1v) is 7.14. The highest BCUT2D eigenvalue weighted by molar-refractivity contribution is 9.10. The highest BCUT2D eigenvalue weighted by atomic mass is 79.9. The Morgan fingerprint density at radius 1 is 1.14 bits per heavy atom. The van der Waals surface area contributed by atoms with Crippen molar-refractivity contribution in [2.24, 2.45) is 0 Å². The van der Waals surface area contributed by atoms with Crippen molar-refractivity contribution in [2.45, 2.75) is 6.92 Å². The summed E-state index contributed by atoms with van der Waals surface area (Å²) in [5.41, 5.74) is 1.14. The van der Waals surface area contributed by atoms with Crippen molar-refractivity contribution in [1.29, 1.82) is 0 Å². The van der Waals surface area contributed by atoms with Gasteiger partial charge in [-0.15, -0.1) is 0 Å². The standard InChI is InChI=1S/C16H14BrNO3/c1-11(19)14-7-2-3-8-15(14)21-10-16(20)18-13-6-4-5-12(17)9-13/h2-9H,10H2,1H3,(H,18,20). The molecule has 0 atom stereocenters. The zero-order valence-corrected chi connectivity index (χ0v) is 13.0. The van der Waals surface area contributed by atoms with Gasteiger partial charge in [-0.2, -0.15) is 0 Å². The van der Waals surface area contributed by atoms with Crippen LogP contribution in [0.5, 0.6) is 5.75 Å². The number of rotatable bonds is 5. The van der Waals surface area contributed by atoms with Gasteiger partial charge in [-0.1, -0.05) is 34.1 Å². The Hall–Kier alpha value is -2.14. The van der Waals surface area contributed by atoms with Crippen LogP contribution in [-0.2, 0) is 4.79 Å². The fourth-order valence-electron chi connectivity index (χ4n) is 1.79. The van der Waals surface area contributed by atoms with Gasteiger partial charge in [0.2, 0.25) is 0 Å². The van der Waals surface area contributed by atoms with Crippen molar-refractivity contribution in [3.8, 4) is 5.75 Å². The fraction of sp³-hybridized carbons (Fsp3) is 0.125. The Morgan fingerprint density at radius 2 is 1.90 bits per heavy atom. The largest absolute Gasteiger partial charge is 0.483 e. The predicted molar refractivity (Wildman–Crippen MR) is 84.7 cm³/mol. The summed E-state index contributed by atoms with van der Waals surface area (Å²) < 4.78 is 6.30. The number of Topliss-reactive ketones (excluding diaryl/α,β-unsaturated/α-hetero) is 1. The molecule has 1 amide bonds. The summed E-state index contributed by atoms with van der Waals surface area (Å²) >= 11 is 3.33. The van der Waals surface area contributed by atoms with Crippen LogP contribution in [0.2, 0.25) is 0 Å². The first-order chi connectivity index (χ1) is 10.1. The number of ether oxygens (including phenoxy) is 1. The lowest BCUT2D eigenvalue weighted by molar-refractivity contribution is -0.118. The second-order valence-electron chi connectivity index (χ2n) is 4.40. The van der Waals surface area contributed by atoms with Crippen molar-refractivity contribution in [3.63, 3.8) is 0 Å². The summed E-state index contributed by atoms with van der Waals surface area (Å²) in [6.07, 6.45) is 0. The molecule has 4 nitrogen and oxygen atoms in total. The van der Waals surface area contributed by atoms with Crippen molar-refractivity contribution in [2.75, 3.05) is 11.9 Å². The second kappa shape index (κ2) is 7.04. The smallest absolute Gasteiger partial charge is 0.262 e. The molecule has 0 spiro atoms. The number of halogens is 1. The minimum Gasteiger partial charge on any atom is -0.483 e. The van der Waals surface area contributed by atoms with Gasteiger partial charge in [0.15, 0.2) is 12.4 Å². The maximum Gasteiger partial charge on any atom is 0.262 e. The zero-order valence-electron chi connectivity index (χ0n) is 11.4. The summed E-state index contributed by atoms with van der Waals surface area (Å²) in [6.45, 7) is 1.31. The maximum atomic E-state index is 11.8. The SMILES string of the molecule is CC(=O)c1ccccc1OCC(=O)Nc1cccc(Br)c1. The molecular weight excluding hydrogens is 334 g/mol. The van der Waals surface area contributed by atoms with Crippen molar-refractivity contribution < 1.29 is 14.3 Å². The van der Waals surface area contributed by atoms with E-state index < -0.39 is 0 Å². The monoisotopic (exact) mass is 347 g/mol. The first-order valence-electron chi connectivity index (χ1n) is 6.34. The molecule has 1 N–H and O–H groups in total. The summed E-state index contributed by atoms with van der Waals surface area (Å²) in [4.78, 5) is 23.3. The average Bonchev–Trinajstić information content (AvgIpc) is 2.45. The van der Waals surface area contributed by atoms with E-state index in [9.17, 15) is 9.59 Å². The van der Waals surface area contributed by atoms with Gasteiger partial charge in [0.05, 0.1) is 5.56 Å². The Balaban J connectivity index is 1.97. The van der Waals surface area contributed by atoms with Crippen molar-refractivity contribution in [1.82, 2.24) is 0 Å². The molecular formula is C16H14BrNO3. The average molecular weight is 348 g/mol. The number of para-hydroxylation sites is 1. The van der Waals surface area contributed by atoms with Crippen LogP contribution in [0, 0.1) is 0 Å². The van der Waals surface area contributed by atoms with E-state index in [1.807, 2.05) is 12.1 Å². The van der Waals surface area contributed by atoms with Crippen molar-refractivity contribution >= 4 is 33.3 Å². The van der Waals surface area contributed by atoms with E-state index in [2.05, 4.69) is 21.2 Å². The molecule has 0 saturated carbocycles. The first kappa shape index (κ1) is 15.3. The Bertz CT molecular complexity index is 670. The van der Waals surface area contributed by atoms with Gasteiger partial charge in [0.1, 0.15) is 5.75 Å². The molecule has 0 heterocycles. The summed E-state index contributed by atoms with van der Waals surface area (Å²) in [6, 6.07) is 14.1. The van der Waals surface area contributed by atoms with Crippen molar-refractivity contribution in [3.05, 3.63) is 58.6 Å². The molecule has 2 aromatic carbocycles. The maximum absolute atomic E-state index is 11.8. The van der Waals surface area contributed by atoms with Crippen LogP contribution in [-0.4, -0.2) is 18.3 Å². The van der Waals surface area contributed by atoms with Gasteiger partial charge in [-0.05, 0) is 37.3 Å². The molecule has 0 aliphatic rings.